The number of carboxylic acid groups (broad SMARTS) is 1. The zero-order chi connectivity index (χ0) is 27.1. The summed E-state index contributed by atoms with van der Waals surface area (Å²) in [6.07, 6.45) is 4.15. The number of nitrogens with two attached hydrogens (primary N) is 3. The normalized spacial score (nSPS) is 18.4. The van der Waals surface area contributed by atoms with E-state index in [4.69, 9.17) is 17.2 Å². The molecule has 0 aliphatic carbocycles. The Morgan fingerprint density at radius 2 is 1.69 bits per heavy atom. The Bertz CT molecular complexity index is 753. The van der Waals surface area contributed by atoms with Crippen LogP contribution in [-0.4, -0.2) is 78.6 Å². The van der Waals surface area contributed by atoms with E-state index in [2.05, 4.69) is 26.3 Å². The maximum atomic E-state index is 13.2. The lowest BCUT2D eigenvalue weighted by atomic mass is 9.97. The molecule has 0 saturated carbocycles. The summed E-state index contributed by atoms with van der Waals surface area (Å²) in [4.78, 5) is 54.4. The van der Waals surface area contributed by atoms with Gasteiger partial charge in [-0.2, -0.15) is 0 Å². The Morgan fingerprint density at radius 3 is 2.25 bits per heavy atom. The average Bonchev–Trinajstić information content (AvgIpc) is 3.38. The number of carbonyl (C=O) groups is 4. The number of guanidine groups is 1. The van der Waals surface area contributed by atoms with E-state index in [1.54, 1.807) is 0 Å². The van der Waals surface area contributed by atoms with Crippen LogP contribution in [0.3, 0.4) is 0 Å². The fourth-order valence-electron chi connectivity index (χ4n) is 3.92. The fourth-order valence-corrected chi connectivity index (χ4v) is 3.92. The Balaban J connectivity index is 2.91. The first-order valence-electron chi connectivity index (χ1n) is 12.7. The second-order valence-corrected chi connectivity index (χ2v) is 9.21. The highest BCUT2D eigenvalue weighted by atomic mass is 16.4. The molecule has 0 aromatic carbocycles. The van der Waals surface area contributed by atoms with Gasteiger partial charge in [-0.1, -0.05) is 20.3 Å². The second kappa shape index (κ2) is 16.7. The Kier molecular flexibility index (Phi) is 14.4. The van der Waals surface area contributed by atoms with Gasteiger partial charge in [-0.3, -0.25) is 19.4 Å². The molecule has 36 heavy (non-hydrogen) atoms. The van der Waals surface area contributed by atoms with Gasteiger partial charge < -0.3 is 43.6 Å². The number of carbonyl (C=O) groups excluding carboxylic acids is 3. The van der Waals surface area contributed by atoms with Gasteiger partial charge in [-0.25, -0.2) is 4.79 Å². The third-order valence-corrected chi connectivity index (χ3v) is 6.31. The zero-order valence-corrected chi connectivity index (χ0v) is 21.4. The molecule has 1 fully saturated rings. The summed E-state index contributed by atoms with van der Waals surface area (Å²) in [5.74, 6) is -2.81. The van der Waals surface area contributed by atoms with Crippen LogP contribution in [0.25, 0.3) is 0 Å². The summed E-state index contributed by atoms with van der Waals surface area (Å²) >= 11 is 0. The Hall–Kier alpha value is -2.93. The van der Waals surface area contributed by atoms with Crippen molar-refractivity contribution in [1.82, 2.24) is 21.3 Å². The lowest BCUT2D eigenvalue weighted by Gasteiger charge is -2.28. The molecule has 206 valence electrons. The summed E-state index contributed by atoms with van der Waals surface area (Å²) in [5.41, 5.74) is 16.1. The molecule has 0 radical (unpaired) electrons. The minimum absolute atomic E-state index is 0.0970. The van der Waals surface area contributed by atoms with Gasteiger partial charge in [0, 0.05) is 6.54 Å². The van der Waals surface area contributed by atoms with Gasteiger partial charge in [0.1, 0.15) is 18.1 Å². The highest BCUT2D eigenvalue weighted by Crippen LogP contribution is 2.12. The van der Waals surface area contributed by atoms with E-state index >= 15 is 0 Å². The third-order valence-electron chi connectivity index (χ3n) is 6.31. The first-order chi connectivity index (χ1) is 17.1. The molecule has 1 aliphatic rings. The lowest BCUT2D eigenvalue weighted by molar-refractivity contribution is -0.142. The van der Waals surface area contributed by atoms with Gasteiger partial charge >= 0.3 is 5.97 Å². The molecule has 5 atom stereocenters. The van der Waals surface area contributed by atoms with E-state index in [1.807, 2.05) is 13.8 Å². The number of rotatable bonds is 17. The second-order valence-electron chi connectivity index (χ2n) is 9.21. The minimum Gasteiger partial charge on any atom is -0.480 e. The zero-order valence-electron chi connectivity index (χ0n) is 21.4. The third kappa shape index (κ3) is 11.2. The van der Waals surface area contributed by atoms with E-state index in [-0.39, 0.29) is 43.2 Å². The van der Waals surface area contributed by atoms with E-state index in [0.717, 1.165) is 13.0 Å². The van der Waals surface area contributed by atoms with Crippen molar-refractivity contribution in [3.8, 4) is 0 Å². The number of nitrogens with one attached hydrogen (secondary N) is 4. The summed E-state index contributed by atoms with van der Waals surface area (Å²) in [6.45, 7) is 5.16. The molecule has 13 heteroatoms. The van der Waals surface area contributed by atoms with Crippen molar-refractivity contribution in [1.29, 1.82) is 0 Å². The molecule has 0 spiro atoms. The van der Waals surface area contributed by atoms with Crippen LogP contribution in [0.15, 0.2) is 4.99 Å². The number of hydrogen-bond donors (Lipinski definition) is 8. The summed E-state index contributed by atoms with van der Waals surface area (Å²) in [7, 11) is 0. The fraction of sp³-hybridized carbons (Fsp3) is 0.783. The first kappa shape index (κ1) is 31.1. The van der Waals surface area contributed by atoms with Crippen molar-refractivity contribution in [3.63, 3.8) is 0 Å². The van der Waals surface area contributed by atoms with Crippen LogP contribution in [0.2, 0.25) is 0 Å². The smallest absolute Gasteiger partial charge is 0.326 e. The molecule has 0 aromatic rings. The average molecular weight is 513 g/mol. The summed E-state index contributed by atoms with van der Waals surface area (Å²) in [5, 5.41) is 20.7. The number of unbranched alkanes of at least 4 members (excludes halogenated alkanes) is 1. The van der Waals surface area contributed by atoms with Crippen LogP contribution in [0.5, 0.6) is 0 Å². The molecule has 11 N–H and O–H groups in total. The standard InChI is InChI=1S/C23H44N8O5/c1-3-14(2)18(31-19(32)15-9-6-12-27-15)21(34)29-16(8-4-5-11-24)20(33)30-17(22(35)36)10-7-13-28-23(25)26/h14-18,27H,3-13,24H2,1-2H3,(H,29,34)(H,30,33)(H,31,32)(H,35,36)(H4,25,26,28). The van der Waals surface area contributed by atoms with Crippen molar-refractivity contribution >= 4 is 29.7 Å². The van der Waals surface area contributed by atoms with Gasteiger partial charge in [-0.05, 0) is 64.0 Å². The number of nitrogens with zero attached hydrogens (tertiary/aromatic N) is 1. The Morgan fingerprint density at radius 1 is 1.03 bits per heavy atom. The van der Waals surface area contributed by atoms with Crippen LogP contribution in [0.1, 0.15) is 65.2 Å². The van der Waals surface area contributed by atoms with Gasteiger partial charge in [0.05, 0.1) is 6.04 Å². The monoisotopic (exact) mass is 512 g/mol. The van der Waals surface area contributed by atoms with Crippen LogP contribution in [0.4, 0.5) is 0 Å². The topological polar surface area (TPSA) is 227 Å². The summed E-state index contributed by atoms with van der Waals surface area (Å²) in [6, 6.07) is -3.32. The van der Waals surface area contributed by atoms with E-state index in [0.29, 0.717) is 38.6 Å². The predicted molar refractivity (Wildman–Crippen MR) is 137 cm³/mol. The number of hydrogen-bond acceptors (Lipinski definition) is 7. The summed E-state index contributed by atoms with van der Waals surface area (Å²) < 4.78 is 0. The highest BCUT2D eigenvalue weighted by Gasteiger charge is 2.33. The molecule has 1 saturated heterocycles. The maximum absolute atomic E-state index is 13.2. The van der Waals surface area contributed by atoms with E-state index < -0.39 is 35.9 Å². The van der Waals surface area contributed by atoms with Crippen molar-refractivity contribution in [2.45, 2.75) is 89.4 Å². The van der Waals surface area contributed by atoms with Gasteiger partial charge in [0.2, 0.25) is 17.7 Å². The van der Waals surface area contributed by atoms with Gasteiger partial charge in [0.25, 0.3) is 0 Å². The van der Waals surface area contributed by atoms with Crippen LogP contribution < -0.4 is 38.5 Å². The molecular weight excluding hydrogens is 468 g/mol. The maximum Gasteiger partial charge on any atom is 0.326 e. The van der Waals surface area contributed by atoms with Crippen LogP contribution in [-0.2, 0) is 19.2 Å². The molecule has 1 aliphatic heterocycles. The highest BCUT2D eigenvalue weighted by molar-refractivity contribution is 5.94. The van der Waals surface area contributed by atoms with Gasteiger partial charge in [0.15, 0.2) is 5.96 Å². The first-order valence-corrected chi connectivity index (χ1v) is 12.7. The lowest BCUT2D eigenvalue weighted by Crippen LogP contribution is -2.58. The minimum atomic E-state index is -1.20. The number of carboxylic acids is 1. The van der Waals surface area contributed by atoms with E-state index in [9.17, 15) is 24.3 Å². The molecule has 3 amide bonds. The molecule has 0 aromatic heterocycles. The number of amides is 3. The van der Waals surface area contributed by atoms with Crippen molar-refractivity contribution in [2.75, 3.05) is 19.6 Å². The molecule has 0 bridgehead atoms. The quantitative estimate of drug-likeness (QED) is 0.0643. The van der Waals surface area contributed by atoms with Crippen LogP contribution in [0, 0.1) is 5.92 Å². The van der Waals surface area contributed by atoms with Crippen molar-refractivity contribution in [3.05, 3.63) is 0 Å². The van der Waals surface area contributed by atoms with Crippen LogP contribution >= 0.6 is 0 Å². The molecular formula is C23H44N8O5. The molecule has 5 unspecified atom stereocenters. The predicted octanol–water partition coefficient (Wildman–Crippen LogP) is -1.49. The van der Waals surface area contributed by atoms with E-state index in [1.165, 1.54) is 0 Å². The SMILES string of the molecule is CCC(C)C(NC(=O)C1CCCN1)C(=O)NC(CCCCN)C(=O)NC(CCCN=C(N)N)C(=O)O. The largest absolute Gasteiger partial charge is 0.480 e. The number of aliphatic imine (C=N–C) groups is 1. The molecule has 1 rings (SSSR count). The molecule has 1 heterocycles. The number of aliphatic carboxylic acids is 1. The van der Waals surface area contributed by atoms with Gasteiger partial charge in [-0.15, -0.1) is 0 Å². The molecule has 13 nitrogen and oxygen atoms in total. The Labute approximate surface area is 212 Å². The van der Waals surface area contributed by atoms with Crippen molar-refractivity contribution in [2.24, 2.45) is 28.1 Å². The van der Waals surface area contributed by atoms with Crippen molar-refractivity contribution < 1.29 is 24.3 Å².